The van der Waals surface area contributed by atoms with Crippen LogP contribution in [0.4, 0.5) is 5.95 Å². The average Bonchev–Trinajstić information content (AvgIpc) is 2.47. The van der Waals surface area contributed by atoms with Crippen molar-refractivity contribution in [1.29, 1.82) is 0 Å². The van der Waals surface area contributed by atoms with E-state index in [1.165, 1.54) is 5.56 Å². The topological polar surface area (TPSA) is 75.1 Å². The minimum Gasteiger partial charge on any atom is -0.478 e. The van der Waals surface area contributed by atoms with Crippen molar-refractivity contribution in [2.24, 2.45) is 0 Å². The summed E-state index contributed by atoms with van der Waals surface area (Å²) in [5, 5.41) is 12.2. The van der Waals surface area contributed by atoms with Crippen LogP contribution < -0.4 is 5.32 Å². The lowest BCUT2D eigenvalue weighted by molar-refractivity contribution is 0.0695. The zero-order valence-corrected chi connectivity index (χ0v) is 12.4. The highest BCUT2D eigenvalue weighted by Crippen LogP contribution is 2.19. The number of aromatic carboxylic acids is 1. The minimum absolute atomic E-state index is 0.0206. The second-order valence-corrected chi connectivity index (χ2v) is 4.84. The standard InChI is InChI=1S/C15H16ClN3O2/c1-2-11-12(14(20)21)13(16)19-15(18-11)17-9-8-10-6-4-3-5-7-10/h3-7H,2,8-9H2,1H3,(H,20,21)(H,17,18,19). The molecule has 0 atom stereocenters. The van der Waals surface area contributed by atoms with Gasteiger partial charge in [0.15, 0.2) is 0 Å². The summed E-state index contributed by atoms with van der Waals surface area (Å²) in [5.41, 5.74) is 1.62. The van der Waals surface area contributed by atoms with Crippen molar-refractivity contribution >= 4 is 23.5 Å². The molecular formula is C15H16ClN3O2. The smallest absolute Gasteiger partial charge is 0.340 e. The molecule has 110 valence electrons. The monoisotopic (exact) mass is 305 g/mol. The van der Waals surface area contributed by atoms with Crippen LogP contribution in [0.25, 0.3) is 0 Å². The van der Waals surface area contributed by atoms with Crippen molar-refractivity contribution in [3.8, 4) is 0 Å². The van der Waals surface area contributed by atoms with Gasteiger partial charge in [0.25, 0.3) is 0 Å². The number of halogens is 1. The molecule has 2 aromatic rings. The van der Waals surface area contributed by atoms with Crippen molar-refractivity contribution in [1.82, 2.24) is 9.97 Å². The number of aryl methyl sites for hydroxylation is 1. The fourth-order valence-electron chi connectivity index (χ4n) is 1.99. The van der Waals surface area contributed by atoms with Gasteiger partial charge in [-0.1, -0.05) is 48.9 Å². The molecule has 21 heavy (non-hydrogen) atoms. The first-order valence-corrected chi connectivity index (χ1v) is 7.07. The zero-order valence-electron chi connectivity index (χ0n) is 11.6. The maximum atomic E-state index is 11.1. The van der Waals surface area contributed by atoms with Crippen LogP contribution >= 0.6 is 11.6 Å². The Morgan fingerprint density at radius 1 is 1.29 bits per heavy atom. The van der Waals surface area contributed by atoms with Gasteiger partial charge < -0.3 is 10.4 Å². The SMILES string of the molecule is CCc1nc(NCCc2ccccc2)nc(Cl)c1C(=O)O. The van der Waals surface area contributed by atoms with Gasteiger partial charge in [-0.15, -0.1) is 0 Å². The molecule has 0 fully saturated rings. The number of nitrogens with zero attached hydrogens (tertiary/aromatic N) is 2. The quantitative estimate of drug-likeness (QED) is 0.802. The van der Waals surface area contributed by atoms with E-state index in [0.717, 1.165) is 6.42 Å². The molecule has 1 heterocycles. The summed E-state index contributed by atoms with van der Waals surface area (Å²) >= 11 is 5.93. The molecule has 2 N–H and O–H groups in total. The maximum absolute atomic E-state index is 11.1. The molecule has 6 heteroatoms. The first-order chi connectivity index (χ1) is 10.1. The number of benzene rings is 1. The second-order valence-electron chi connectivity index (χ2n) is 4.48. The van der Waals surface area contributed by atoms with Gasteiger partial charge >= 0.3 is 5.97 Å². The predicted octanol–water partition coefficient (Wildman–Crippen LogP) is 3.05. The van der Waals surface area contributed by atoms with E-state index in [-0.39, 0.29) is 10.7 Å². The number of carboxylic acid groups (broad SMARTS) is 1. The Kier molecular flexibility index (Phi) is 5.11. The predicted molar refractivity (Wildman–Crippen MR) is 82.0 cm³/mol. The van der Waals surface area contributed by atoms with E-state index in [1.807, 2.05) is 37.3 Å². The number of nitrogens with one attached hydrogen (secondary N) is 1. The summed E-state index contributed by atoms with van der Waals surface area (Å²) in [7, 11) is 0. The highest BCUT2D eigenvalue weighted by atomic mass is 35.5. The molecule has 0 bridgehead atoms. The summed E-state index contributed by atoms with van der Waals surface area (Å²) < 4.78 is 0. The third-order valence-corrected chi connectivity index (χ3v) is 3.30. The Morgan fingerprint density at radius 3 is 2.62 bits per heavy atom. The summed E-state index contributed by atoms with van der Waals surface area (Å²) in [6, 6.07) is 10.0. The molecule has 0 spiro atoms. The fraction of sp³-hybridized carbons (Fsp3) is 0.267. The number of aromatic nitrogens is 2. The highest BCUT2D eigenvalue weighted by Gasteiger charge is 2.17. The van der Waals surface area contributed by atoms with Crippen LogP contribution in [0, 0.1) is 0 Å². The number of carbonyl (C=O) groups is 1. The molecule has 0 amide bonds. The summed E-state index contributed by atoms with van der Waals surface area (Å²) in [6.07, 6.45) is 1.31. The molecule has 0 aliphatic heterocycles. The summed E-state index contributed by atoms with van der Waals surface area (Å²) in [5.74, 6) is -0.745. The van der Waals surface area contributed by atoms with Gasteiger partial charge in [-0.05, 0) is 18.4 Å². The van der Waals surface area contributed by atoms with E-state index >= 15 is 0 Å². The lowest BCUT2D eigenvalue weighted by atomic mass is 10.1. The van der Waals surface area contributed by atoms with Crippen molar-refractivity contribution in [3.05, 3.63) is 52.3 Å². The van der Waals surface area contributed by atoms with E-state index in [0.29, 0.717) is 24.6 Å². The first kappa shape index (κ1) is 15.3. The Labute approximate surface area is 128 Å². The van der Waals surface area contributed by atoms with Crippen LogP contribution in [0.5, 0.6) is 0 Å². The highest BCUT2D eigenvalue weighted by molar-refractivity contribution is 6.32. The van der Waals surface area contributed by atoms with E-state index in [9.17, 15) is 4.79 Å². The van der Waals surface area contributed by atoms with Gasteiger partial charge in [0.2, 0.25) is 5.95 Å². The van der Waals surface area contributed by atoms with Crippen molar-refractivity contribution < 1.29 is 9.90 Å². The van der Waals surface area contributed by atoms with Gasteiger partial charge in [-0.25, -0.2) is 14.8 Å². The minimum atomic E-state index is -1.10. The van der Waals surface area contributed by atoms with Crippen molar-refractivity contribution in [3.63, 3.8) is 0 Å². The molecule has 2 rings (SSSR count). The van der Waals surface area contributed by atoms with Crippen LogP contribution in [0.1, 0.15) is 28.5 Å². The van der Waals surface area contributed by atoms with Crippen LogP contribution in [-0.4, -0.2) is 27.6 Å². The van der Waals surface area contributed by atoms with Crippen LogP contribution in [0.2, 0.25) is 5.15 Å². The lowest BCUT2D eigenvalue weighted by Gasteiger charge is -2.09. The van der Waals surface area contributed by atoms with Crippen molar-refractivity contribution in [2.75, 3.05) is 11.9 Å². The number of carboxylic acids is 1. The number of hydrogen-bond donors (Lipinski definition) is 2. The van der Waals surface area contributed by atoms with E-state index in [1.54, 1.807) is 0 Å². The molecule has 0 unspecified atom stereocenters. The third-order valence-electron chi connectivity index (χ3n) is 3.03. The summed E-state index contributed by atoms with van der Waals surface area (Å²) in [6.45, 7) is 2.48. The van der Waals surface area contributed by atoms with Gasteiger partial charge in [0.05, 0.1) is 5.69 Å². The molecule has 1 aromatic heterocycles. The molecular weight excluding hydrogens is 290 g/mol. The van der Waals surface area contributed by atoms with Gasteiger partial charge in [0.1, 0.15) is 10.7 Å². The van der Waals surface area contributed by atoms with Crippen molar-refractivity contribution in [2.45, 2.75) is 19.8 Å². The number of rotatable bonds is 6. The Hall–Kier alpha value is -2.14. The van der Waals surface area contributed by atoms with E-state index < -0.39 is 5.97 Å². The van der Waals surface area contributed by atoms with Gasteiger partial charge in [-0.2, -0.15) is 0 Å². The first-order valence-electron chi connectivity index (χ1n) is 6.69. The average molecular weight is 306 g/mol. The third kappa shape index (κ3) is 3.92. The Balaban J connectivity index is 2.07. The molecule has 0 aliphatic carbocycles. The normalized spacial score (nSPS) is 10.4. The van der Waals surface area contributed by atoms with Gasteiger partial charge in [0, 0.05) is 6.54 Å². The Morgan fingerprint density at radius 2 is 2.00 bits per heavy atom. The summed E-state index contributed by atoms with van der Waals surface area (Å²) in [4.78, 5) is 19.3. The molecule has 5 nitrogen and oxygen atoms in total. The van der Waals surface area contributed by atoms with Crippen LogP contribution in [0.3, 0.4) is 0 Å². The number of anilines is 1. The van der Waals surface area contributed by atoms with E-state index in [2.05, 4.69) is 15.3 Å². The largest absolute Gasteiger partial charge is 0.478 e. The van der Waals surface area contributed by atoms with Crippen LogP contribution in [0.15, 0.2) is 30.3 Å². The molecule has 0 saturated heterocycles. The zero-order chi connectivity index (χ0) is 15.2. The Bertz CT molecular complexity index is 632. The molecule has 0 radical (unpaired) electrons. The maximum Gasteiger partial charge on any atom is 0.340 e. The molecule has 0 aliphatic rings. The van der Waals surface area contributed by atoms with Gasteiger partial charge in [-0.3, -0.25) is 0 Å². The second kappa shape index (κ2) is 7.04. The lowest BCUT2D eigenvalue weighted by Crippen LogP contribution is -2.13. The fourth-order valence-corrected chi connectivity index (χ4v) is 2.26. The molecule has 1 aromatic carbocycles. The van der Waals surface area contributed by atoms with Crippen LogP contribution in [-0.2, 0) is 12.8 Å². The van der Waals surface area contributed by atoms with E-state index in [4.69, 9.17) is 16.7 Å². The number of hydrogen-bond acceptors (Lipinski definition) is 4. The molecule has 0 saturated carbocycles.